The zero-order valence-corrected chi connectivity index (χ0v) is 11.0. The van der Waals surface area contributed by atoms with E-state index < -0.39 is 0 Å². The van der Waals surface area contributed by atoms with E-state index in [4.69, 9.17) is 4.74 Å². The molecule has 0 unspecified atom stereocenters. The highest BCUT2D eigenvalue weighted by atomic mass is 16.5. The summed E-state index contributed by atoms with van der Waals surface area (Å²) in [5.74, 6) is 0.776. The first-order chi connectivity index (χ1) is 8.69. The fraction of sp³-hybridized carbons (Fsp3) is 0.500. The molecule has 98 valence electrons. The van der Waals surface area contributed by atoms with Gasteiger partial charge in [0.15, 0.2) is 0 Å². The topological polar surface area (TPSA) is 41.6 Å². The van der Waals surface area contributed by atoms with Gasteiger partial charge in [-0.05, 0) is 44.2 Å². The second kappa shape index (κ2) is 5.87. The number of hydrogen-bond acceptors (Lipinski definition) is 3. The molecule has 1 aliphatic heterocycles. The minimum Gasteiger partial charge on any atom is -0.490 e. The van der Waals surface area contributed by atoms with E-state index in [1.165, 1.54) is 0 Å². The highest BCUT2D eigenvalue weighted by Gasteiger charge is 2.17. The van der Waals surface area contributed by atoms with Crippen LogP contribution in [0.5, 0.6) is 5.75 Å². The molecule has 1 aliphatic rings. The van der Waals surface area contributed by atoms with Crippen LogP contribution < -0.4 is 10.1 Å². The number of carbonyl (C=O) groups is 1. The van der Waals surface area contributed by atoms with Gasteiger partial charge in [0, 0.05) is 25.7 Å². The Kier molecular flexibility index (Phi) is 4.20. The van der Waals surface area contributed by atoms with Crippen LogP contribution in [0.15, 0.2) is 24.3 Å². The van der Waals surface area contributed by atoms with Crippen molar-refractivity contribution in [1.29, 1.82) is 0 Å². The lowest BCUT2D eigenvalue weighted by Gasteiger charge is -2.29. The summed E-state index contributed by atoms with van der Waals surface area (Å²) < 4.78 is 5.91. The molecule has 0 aromatic heterocycles. The number of amides is 1. The summed E-state index contributed by atoms with van der Waals surface area (Å²) in [6, 6.07) is 7.32. The van der Waals surface area contributed by atoms with Crippen molar-refractivity contribution in [3.63, 3.8) is 0 Å². The summed E-state index contributed by atoms with van der Waals surface area (Å²) in [6.07, 6.45) is 2.42. The molecule has 0 bridgehead atoms. The summed E-state index contributed by atoms with van der Waals surface area (Å²) in [6.45, 7) is 2.17. The smallest absolute Gasteiger partial charge is 0.251 e. The number of carbonyl (C=O) groups excluding carboxylic acids is 1. The van der Waals surface area contributed by atoms with Gasteiger partial charge in [0.2, 0.25) is 0 Å². The van der Waals surface area contributed by atoms with Crippen molar-refractivity contribution < 1.29 is 9.53 Å². The highest BCUT2D eigenvalue weighted by molar-refractivity contribution is 5.94. The van der Waals surface area contributed by atoms with Gasteiger partial charge in [-0.3, -0.25) is 4.79 Å². The van der Waals surface area contributed by atoms with Crippen molar-refractivity contribution in [3.8, 4) is 5.75 Å². The average molecular weight is 248 g/mol. The fourth-order valence-corrected chi connectivity index (χ4v) is 2.12. The van der Waals surface area contributed by atoms with Gasteiger partial charge in [0.25, 0.3) is 5.91 Å². The molecule has 2 rings (SSSR count). The molecule has 1 N–H and O–H groups in total. The fourth-order valence-electron chi connectivity index (χ4n) is 2.12. The summed E-state index contributed by atoms with van der Waals surface area (Å²) in [7, 11) is 3.76. The summed E-state index contributed by atoms with van der Waals surface area (Å²) >= 11 is 0. The van der Waals surface area contributed by atoms with Gasteiger partial charge in [-0.25, -0.2) is 0 Å². The van der Waals surface area contributed by atoms with Gasteiger partial charge < -0.3 is 15.0 Å². The van der Waals surface area contributed by atoms with Crippen molar-refractivity contribution in [1.82, 2.24) is 10.2 Å². The number of likely N-dealkylation sites (tertiary alicyclic amines) is 1. The van der Waals surface area contributed by atoms with Crippen molar-refractivity contribution >= 4 is 5.91 Å². The van der Waals surface area contributed by atoms with Gasteiger partial charge in [0.1, 0.15) is 11.9 Å². The molecule has 0 spiro atoms. The Bertz CT molecular complexity index is 395. The summed E-state index contributed by atoms with van der Waals surface area (Å²) in [5.41, 5.74) is 0.660. The van der Waals surface area contributed by atoms with Crippen LogP contribution in [0.3, 0.4) is 0 Å². The van der Waals surface area contributed by atoms with Crippen LogP contribution in [-0.4, -0.2) is 44.1 Å². The van der Waals surface area contributed by atoms with Gasteiger partial charge in [-0.2, -0.15) is 0 Å². The van der Waals surface area contributed by atoms with E-state index in [1.807, 2.05) is 12.1 Å². The largest absolute Gasteiger partial charge is 0.490 e. The number of ether oxygens (including phenoxy) is 1. The average Bonchev–Trinajstić information content (AvgIpc) is 2.41. The Labute approximate surface area is 108 Å². The second-order valence-corrected chi connectivity index (χ2v) is 4.72. The normalized spacial score (nSPS) is 17.4. The standard InChI is InChI=1S/C14H20N2O2/c1-15-14(17)11-3-5-12(6-4-11)18-13-7-9-16(2)10-8-13/h3-6,13H,7-10H2,1-2H3,(H,15,17). The predicted octanol–water partition coefficient (Wildman–Crippen LogP) is 1.52. The van der Waals surface area contributed by atoms with Crippen LogP contribution in [0.1, 0.15) is 23.2 Å². The van der Waals surface area contributed by atoms with Crippen molar-refractivity contribution in [2.24, 2.45) is 0 Å². The van der Waals surface area contributed by atoms with Crippen molar-refractivity contribution in [3.05, 3.63) is 29.8 Å². The minimum atomic E-state index is -0.0687. The number of nitrogens with one attached hydrogen (secondary N) is 1. The maximum atomic E-state index is 11.4. The Morgan fingerprint density at radius 3 is 2.44 bits per heavy atom. The first kappa shape index (κ1) is 12.9. The molecule has 1 fully saturated rings. The molecular weight excluding hydrogens is 228 g/mol. The zero-order chi connectivity index (χ0) is 13.0. The van der Waals surface area contributed by atoms with E-state index in [-0.39, 0.29) is 5.91 Å². The van der Waals surface area contributed by atoms with Crippen molar-refractivity contribution in [2.75, 3.05) is 27.2 Å². The Morgan fingerprint density at radius 1 is 1.28 bits per heavy atom. The maximum Gasteiger partial charge on any atom is 0.251 e. The van der Waals surface area contributed by atoms with Crippen LogP contribution in [0.4, 0.5) is 0 Å². The van der Waals surface area contributed by atoms with Crippen LogP contribution in [0, 0.1) is 0 Å². The molecule has 1 amide bonds. The Balaban J connectivity index is 1.92. The molecule has 4 nitrogen and oxygen atoms in total. The number of piperidine rings is 1. The second-order valence-electron chi connectivity index (χ2n) is 4.72. The third-order valence-corrected chi connectivity index (χ3v) is 3.31. The monoisotopic (exact) mass is 248 g/mol. The third kappa shape index (κ3) is 3.23. The van der Waals surface area contributed by atoms with Crippen LogP contribution in [0.2, 0.25) is 0 Å². The minimum absolute atomic E-state index is 0.0687. The molecule has 1 heterocycles. The van der Waals surface area contributed by atoms with Gasteiger partial charge in [-0.15, -0.1) is 0 Å². The zero-order valence-electron chi connectivity index (χ0n) is 11.0. The molecular formula is C14H20N2O2. The Hall–Kier alpha value is -1.55. The summed E-state index contributed by atoms with van der Waals surface area (Å²) in [4.78, 5) is 13.7. The quantitative estimate of drug-likeness (QED) is 0.881. The number of hydrogen-bond donors (Lipinski definition) is 1. The van der Waals surface area contributed by atoms with E-state index in [2.05, 4.69) is 17.3 Å². The van der Waals surface area contributed by atoms with E-state index in [1.54, 1.807) is 19.2 Å². The number of rotatable bonds is 3. The van der Waals surface area contributed by atoms with Crippen LogP contribution in [0.25, 0.3) is 0 Å². The first-order valence-electron chi connectivity index (χ1n) is 6.36. The lowest BCUT2D eigenvalue weighted by Crippen LogP contribution is -2.35. The molecule has 0 radical (unpaired) electrons. The Morgan fingerprint density at radius 2 is 1.89 bits per heavy atom. The van der Waals surface area contributed by atoms with Gasteiger partial charge >= 0.3 is 0 Å². The molecule has 4 heteroatoms. The van der Waals surface area contributed by atoms with E-state index >= 15 is 0 Å². The van der Waals surface area contributed by atoms with Crippen LogP contribution in [-0.2, 0) is 0 Å². The molecule has 0 saturated carbocycles. The van der Waals surface area contributed by atoms with Crippen LogP contribution >= 0.6 is 0 Å². The number of nitrogens with zero attached hydrogens (tertiary/aromatic N) is 1. The molecule has 1 aromatic carbocycles. The molecule has 0 atom stereocenters. The number of benzene rings is 1. The maximum absolute atomic E-state index is 11.4. The van der Waals surface area contributed by atoms with E-state index in [0.29, 0.717) is 11.7 Å². The van der Waals surface area contributed by atoms with Gasteiger partial charge in [0.05, 0.1) is 0 Å². The summed E-state index contributed by atoms with van der Waals surface area (Å²) in [5, 5.41) is 2.60. The van der Waals surface area contributed by atoms with E-state index in [9.17, 15) is 4.79 Å². The lowest BCUT2D eigenvalue weighted by atomic mass is 10.1. The predicted molar refractivity (Wildman–Crippen MR) is 71.0 cm³/mol. The first-order valence-corrected chi connectivity index (χ1v) is 6.36. The van der Waals surface area contributed by atoms with Gasteiger partial charge in [-0.1, -0.05) is 0 Å². The molecule has 1 aromatic rings. The highest BCUT2D eigenvalue weighted by Crippen LogP contribution is 2.19. The lowest BCUT2D eigenvalue weighted by molar-refractivity contribution is 0.0963. The molecule has 0 aliphatic carbocycles. The molecule has 18 heavy (non-hydrogen) atoms. The van der Waals surface area contributed by atoms with Crippen molar-refractivity contribution in [2.45, 2.75) is 18.9 Å². The third-order valence-electron chi connectivity index (χ3n) is 3.31. The SMILES string of the molecule is CNC(=O)c1ccc(OC2CCN(C)CC2)cc1. The molecule has 1 saturated heterocycles. The van der Waals surface area contributed by atoms with E-state index in [0.717, 1.165) is 31.7 Å².